The average molecular weight is 564 g/mol. The molecule has 7 aliphatic rings. The molecule has 2 saturated heterocycles. The number of esters is 1. The summed E-state index contributed by atoms with van der Waals surface area (Å²) in [5, 5.41) is 12.1. The van der Waals surface area contributed by atoms with Crippen molar-refractivity contribution in [1.29, 1.82) is 0 Å². The van der Waals surface area contributed by atoms with Gasteiger partial charge in [0, 0.05) is 41.8 Å². The Hall–Kier alpha value is -2.05. The molecule has 4 fully saturated rings. The van der Waals surface area contributed by atoms with Crippen LogP contribution in [-0.4, -0.2) is 47.8 Å². The summed E-state index contributed by atoms with van der Waals surface area (Å²) in [5.41, 5.74) is 0.576. The zero-order valence-electron chi connectivity index (χ0n) is 25.3. The Balaban J connectivity index is 1.21. The fourth-order valence-electron chi connectivity index (χ4n) is 9.98. The van der Waals surface area contributed by atoms with Crippen LogP contribution in [0.1, 0.15) is 97.3 Å². The van der Waals surface area contributed by atoms with Gasteiger partial charge in [-0.3, -0.25) is 4.90 Å². The average Bonchev–Trinajstić information content (AvgIpc) is 3.76. The molecule has 0 amide bonds. The maximum atomic E-state index is 12.5. The van der Waals surface area contributed by atoms with Crippen molar-refractivity contribution in [3.63, 3.8) is 0 Å². The first-order chi connectivity index (χ1) is 19.9. The predicted octanol–water partition coefficient (Wildman–Crippen LogP) is 6.77. The Morgan fingerprint density at radius 3 is 2.59 bits per heavy atom. The molecule has 1 N–H and O–H groups in total. The van der Waals surface area contributed by atoms with Crippen LogP contribution < -0.4 is 0 Å². The van der Waals surface area contributed by atoms with Gasteiger partial charge in [0.15, 0.2) is 11.5 Å². The van der Waals surface area contributed by atoms with Gasteiger partial charge in [-0.25, -0.2) is 4.79 Å². The van der Waals surface area contributed by atoms with Crippen LogP contribution in [0.3, 0.4) is 0 Å². The molecule has 0 aromatic carbocycles. The summed E-state index contributed by atoms with van der Waals surface area (Å²) in [4.78, 5) is 15.2. The predicted molar refractivity (Wildman–Crippen MR) is 157 cm³/mol. The van der Waals surface area contributed by atoms with Crippen LogP contribution in [0.4, 0.5) is 0 Å². The van der Waals surface area contributed by atoms with Crippen LogP contribution in [0.2, 0.25) is 0 Å². The zero-order chi connectivity index (χ0) is 28.3. The van der Waals surface area contributed by atoms with Gasteiger partial charge in [0.05, 0.1) is 18.8 Å². The fraction of sp³-hybridized carbons (Fsp3) is 0.743. The van der Waals surface area contributed by atoms with Crippen molar-refractivity contribution < 1.29 is 24.1 Å². The van der Waals surface area contributed by atoms with Gasteiger partial charge in [-0.1, -0.05) is 64.0 Å². The van der Waals surface area contributed by atoms with Crippen LogP contribution in [0.5, 0.6) is 0 Å². The van der Waals surface area contributed by atoms with Crippen molar-refractivity contribution in [1.82, 2.24) is 4.90 Å². The first-order valence-corrected chi connectivity index (χ1v) is 16.6. The Labute approximate surface area is 245 Å². The molecule has 2 saturated carbocycles. The molecule has 3 aliphatic carbocycles. The van der Waals surface area contributed by atoms with E-state index < -0.39 is 0 Å². The van der Waals surface area contributed by atoms with E-state index in [1.165, 1.54) is 57.8 Å². The Morgan fingerprint density at radius 1 is 1.05 bits per heavy atom. The van der Waals surface area contributed by atoms with Crippen molar-refractivity contribution in [2.24, 2.45) is 35.0 Å². The number of methoxy groups -OCH3 is 1. The third kappa shape index (κ3) is 4.72. The third-order valence-corrected chi connectivity index (χ3v) is 12.1. The van der Waals surface area contributed by atoms with Crippen LogP contribution in [-0.2, 0) is 19.0 Å². The number of nitrogens with zero attached hydrogens (tertiary/aromatic N) is 1. The van der Waals surface area contributed by atoms with Crippen LogP contribution >= 0.6 is 0 Å². The van der Waals surface area contributed by atoms with Crippen LogP contribution in [0.25, 0.3) is 0 Å². The van der Waals surface area contributed by atoms with Gasteiger partial charge in [0.2, 0.25) is 5.76 Å². The molecule has 7 unspecified atom stereocenters. The van der Waals surface area contributed by atoms with E-state index in [1.54, 1.807) is 14.0 Å². The van der Waals surface area contributed by atoms with E-state index in [9.17, 15) is 9.90 Å². The van der Waals surface area contributed by atoms with Crippen LogP contribution in [0, 0.1) is 35.0 Å². The minimum atomic E-state index is -0.354. The molecular weight excluding hydrogens is 514 g/mol. The van der Waals surface area contributed by atoms with E-state index in [0.717, 1.165) is 55.6 Å². The van der Waals surface area contributed by atoms with Crippen molar-refractivity contribution in [3.8, 4) is 0 Å². The summed E-state index contributed by atoms with van der Waals surface area (Å²) >= 11 is 0. The first-order valence-electron chi connectivity index (χ1n) is 16.6. The highest BCUT2D eigenvalue weighted by atomic mass is 16.6. The molecule has 0 bridgehead atoms. The number of aliphatic hydroxyl groups excluding tert-OH is 1. The minimum absolute atomic E-state index is 0.0568. The quantitative estimate of drug-likeness (QED) is 0.301. The number of allylic oxidation sites excluding steroid dienone is 2. The van der Waals surface area contributed by atoms with E-state index >= 15 is 0 Å². The summed E-state index contributed by atoms with van der Waals surface area (Å²) < 4.78 is 18.1. The van der Waals surface area contributed by atoms with Gasteiger partial charge in [-0.2, -0.15) is 0 Å². The Bertz CT molecular complexity index is 1170. The molecule has 4 heterocycles. The van der Waals surface area contributed by atoms with Gasteiger partial charge in [-0.15, -0.1) is 0 Å². The monoisotopic (exact) mass is 563 g/mol. The topological polar surface area (TPSA) is 68.2 Å². The van der Waals surface area contributed by atoms with Gasteiger partial charge in [0.1, 0.15) is 5.76 Å². The molecule has 7 rings (SSSR count). The largest absolute Gasteiger partial charge is 0.492 e. The fourth-order valence-corrected chi connectivity index (χ4v) is 9.98. The molecule has 1 spiro atoms. The molecular formula is C35H49NO5. The second-order valence-corrected chi connectivity index (χ2v) is 14.4. The highest BCUT2D eigenvalue weighted by Gasteiger charge is 2.54. The maximum Gasteiger partial charge on any atom is 0.343 e. The molecule has 4 aliphatic heterocycles. The number of carbonyl (C=O) groups excluding carboxylic acids is 1. The van der Waals surface area contributed by atoms with E-state index in [-0.39, 0.29) is 41.3 Å². The summed E-state index contributed by atoms with van der Waals surface area (Å²) in [7, 11) is 1.59. The number of hydrogen-bond acceptors (Lipinski definition) is 6. The summed E-state index contributed by atoms with van der Waals surface area (Å²) in [6.07, 6.45) is 22.8. The van der Waals surface area contributed by atoms with Crippen molar-refractivity contribution in [2.75, 3.05) is 13.7 Å². The molecule has 7 atom stereocenters. The van der Waals surface area contributed by atoms with E-state index in [1.807, 2.05) is 0 Å². The number of ether oxygens (including phenoxy) is 3. The van der Waals surface area contributed by atoms with Gasteiger partial charge >= 0.3 is 5.97 Å². The zero-order valence-corrected chi connectivity index (χ0v) is 25.3. The van der Waals surface area contributed by atoms with E-state index in [2.05, 4.69) is 30.1 Å². The Morgan fingerprint density at radius 2 is 1.83 bits per heavy atom. The number of fused-ring (bicyclic) bond motifs is 3. The lowest BCUT2D eigenvalue weighted by Gasteiger charge is -2.49. The lowest BCUT2D eigenvalue weighted by molar-refractivity contribution is -0.133. The smallest absolute Gasteiger partial charge is 0.343 e. The highest BCUT2D eigenvalue weighted by Crippen LogP contribution is 2.54. The van der Waals surface area contributed by atoms with Crippen LogP contribution in [0.15, 0.2) is 46.8 Å². The Kier molecular flexibility index (Phi) is 7.38. The molecule has 6 nitrogen and oxygen atoms in total. The lowest BCUT2D eigenvalue weighted by Crippen LogP contribution is -2.58. The molecule has 0 aromatic rings. The number of rotatable bonds is 4. The number of hydrogen-bond donors (Lipinski definition) is 1. The van der Waals surface area contributed by atoms with Crippen molar-refractivity contribution in [2.45, 2.75) is 116 Å². The van der Waals surface area contributed by atoms with E-state index in [0.29, 0.717) is 23.1 Å². The number of piperidine rings is 1. The molecule has 0 aromatic heterocycles. The second-order valence-electron chi connectivity index (χ2n) is 14.4. The summed E-state index contributed by atoms with van der Waals surface area (Å²) in [6.45, 7) is 5.00. The van der Waals surface area contributed by atoms with Crippen molar-refractivity contribution in [3.05, 3.63) is 46.8 Å². The maximum absolute atomic E-state index is 12.5. The molecule has 224 valence electrons. The highest BCUT2D eigenvalue weighted by molar-refractivity contribution is 5.93. The third-order valence-electron chi connectivity index (χ3n) is 12.1. The van der Waals surface area contributed by atoms with Gasteiger partial charge in [0.25, 0.3) is 0 Å². The number of aliphatic hydroxyl groups is 1. The molecule has 41 heavy (non-hydrogen) atoms. The normalized spacial score (nSPS) is 39.8. The van der Waals surface area contributed by atoms with E-state index in [4.69, 9.17) is 14.2 Å². The number of carbonyl (C=O) groups is 1. The first kappa shape index (κ1) is 27.8. The SMILES string of the molecule is COC1=C(C)C(=O)OC1=C1OC2=CC3(CCCC3)CN3C(C(O)C4C=CCC(C5CCCC5)C4)CCCC3C2C1C. The van der Waals surface area contributed by atoms with Gasteiger partial charge < -0.3 is 19.3 Å². The standard InChI is InChI=1S/C35H49NO5/c1-21-29-26-14-9-15-27(30(37)25-13-8-12-24(18-25)23-10-4-5-11-23)36(26)20-35(16-6-7-17-35)19-28(29)40-32(21)33-31(39-3)22(2)34(38)41-33/h8,13,19,21,23-27,29-30,37H,4-7,9-12,14-18,20H2,1-3H3. The summed E-state index contributed by atoms with van der Waals surface area (Å²) in [5.74, 6) is 4.46. The number of cyclic esters (lactones) is 1. The lowest BCUT2D eigenvalue weighted by atomic mass is 9.73. The van der Waals surface area contributed by atoms with Crippen molar-refractivity contribution >= 4 is 5.97 Å². The summed E-state index contributed by atoms with van der Waals surface area (Å²) in [6, 6.07) is 0.468. The van der Waals surface area contributed by atoms with Gasteiger partial charge in [-0.05, 0) is 63.4 Å². The molecule has 0 radical (unpaired) electrons. The molecule has 6 heteroatoms. The minimum Gasteiger partial charge on any atom is -0.492 e. The second kappa shape index (κ2) is 10.9.